The Hall–Kier alpha value is -0.590. The lowest BCUT2D eigenvalue weighted by Gasteiger charge is -2.03. The fourth-order valence-electron chi connectivity index (χ4n) is 2.73. The van der Waals surface area contributed by atoms with Crippen LogP contribution in [0.2, 0.25) is 0 Å². The normalized spacial score (nSPS) is 10.7. The Morgan fingerprint density at radius 3 is 1.57 bits per heavy atom. The quantitative estimate of drug-likeness (QED) is 0.208. The van der Waals surface area contributed by atoms with Crippen molar-refractivity contribution in [2.45, 2.75) is 110 Å². The van der Waals surface area contributed by atoms with Crippen molar-refractivity contribution in [1.82, 2.24) is 0 Å². The van der Waals surface area contributed by atoms with Crippen molar-refractivity contribution in [3.63, 3.8) is 0 Å². The predicted octanol–water partition coefficient (Wildman–Crippen LogP) is 7.00. The molecule has 0 unspecified atom stereocenters. The highest BCUT2D eigenvalue weighted by atomic mass is 16.1. The second kappa shape index (κ2) is 17.5. The number of allylic oxidation sites excluding steroid dienone is 1. The monoisotopic (exact) mass is 294 g/mol. The summed E-state index contributed by atoms with van der Waals surface area (Å²) < 4.78 is 0. The van der Waals surface area contributed by atoms with Gasteiger partial charge in [0.25, 0.3) is 0 Å². The van der Waals surface area contributed by atoms with E-state index >= 15 is 0 Å². The summed E-state index contributed by atoms with van der Waals surface area (Å²) >= 11 is 0. The standard InChI is InChI=1S/C20H38O/c1-3-5-7-8-9-10-11-12-13-14-15-16-17-19-20(21)18-6-4-2/h4H,2-3,5-19H2,1H3. The first-order valence-electron chi connectivity index (χ1n) is 9.43. The van der Waals surface area contributed by atoms with Gasteiger partial charge in [0.05, 0.1) is 0 Å². The lowest BCUT2D eigenvalue weighted by atomic mass is 10.0. The van der Waals surface area contributed by atoms with Crippen LogP contribution in [0.1, 0.15) is 110 Å². The smallest absolute Gasteiger partial charge is 0.133 e. The second-order valence-electron chi connectivity index (χ2n) is 6.36. The number of Topliss-reactive ketones (excluding diaryl/α,β-unsaturated/α-hetero) is 1. The Morgan fingerprint density at radius 1 is 0.714 bits per heavy atom. The van der Waals surface area contributed by atoms with E-state index in [4.69, 9.17) is 0 Å². The van der Waals surface area contributed by atoms with Gasteiger partial charge < -0.3 is 0 Å². The van der Waals surface area contributed by atoms with E-state index in [0.29, 0.717) is 12.2 Å². The summed E-state index contributed by atoms with van der Waals surface area (Å²) in [5, 5.41) is 0. The van der Waals surface area contributed by atoms with Gasteiger partial charge in [-0.1, -0.05) is 90.0 Å². The highest BCUT2D eigenvalue weighted by Gasteiger charge is 2.00. The molecule has 1 heteroatoms. The van der Waals surface area contributed by atoms with Crippen LogP contribution in [-0.2, 0) is 4.79 Å². The summed E-state index contributed by atoms with van der Waals surface area (Å²) in [5.41, 5.74) is 0. The molecule has 0 aromatic rings. The minimum atomic E-state index is 0.415. The maximum atomic E-state index is 11.5. The SMILES string of the molecule is C=CCCC(=O)CCCCCCCCCCCCCCC. The first kappa shape index (κ1) is 20.4. The van der Waals surface area contributed by atoms with E-state index < -0.39 is 0 Å². The van der Waals surface area contributed by atoms with Crippen LogP contribution in [-0.4, -0.2) is 5.78 Å². The van der Waals surface area contributed by atoms with E-state index in [-0.39, 0.29) is 0 Å². The summed E-state index contributed by atoms with van der Waals surface area (Å²) in [7, 11) is 0. The van der Waals surface area contributed by atoms with Gasteiger partial charge in [-0.15, -0.1) is 6.58 Å². The Bertz CT molecular complexity index is 232. The van der Waals surface area contributed by atoms with Gasteiger partial charge in [-0.25, -0.2) is 0 Å². The van der Waals surface area contributed by atoms with E-state index in [1.165, 1.54) is 77.0 Å². The van der Waals surface area contributed by atoms with Gasteiger partial charge in [-0.3, -0.25) is 4.79 Å². The Balaban J connectivity index is 3.05. The first-order chi connectivity index (χ1) is 10.3. The van der Waals surface area contributed by atoms with Crippen LogP contribution in [0.15, 0.2) is 12.7 Å². The largest absolute Gasteiger partial charge is 0.300 e. The van der Waals surface area contributed by atoms with E-state index in [9.17, 15) is 4.79 Å². The zero-order chi connectivity index (χ0) is 15.6. The summed E-state index contributed by atoms with van der Waals surface area (Å²) in [6.07, 6.45) is 21.9. The number of unbranched alkanes of at least 4 members (excludes halogenated alkanes) is 12. The molecule has 0 saturated carbocycles. The van der Waals surface area contributed by atoms with Crippen LogP contribution in [0.3, 0.4) is 0 Å². The molecular weight excluding hydrogens is 256 g/mol. The van der Waals surface area contributed by atoms with Crippen molar-refractivity contribution in [3.05, 3.63) is 12.7 Å². The fraction of sp³-hybridized carbons (Fsp3) is 0.850. The van der Waals surface area contributed by atoms with E-state index in [2.05, 4.69) is 13.5 Å². The highest BCUT2D eigenvalue weighted by molar-refractivity contribution is 5.78. The number of carbonyl (C=O) groups excluding carboxylic acids is 1. The molecule has 0 spiro atoms. The average Bonchev–Trinajstić information content (AvgIpc) is 2.49. The molecule has 0 N–H and O–H groups in total. The lowest BCUT2D eigenvalue weighted by Crippen LogP contribution is -1.96. The van der Waals surface area contributed by atoms with Crippen molar-refractivity contribution in [3.8, 4) is 0 Å². The minimum Gasteiger partial charge on any atom is -0.300 e. The summed E-state index contributed by atoms with van der Waals surface area (Å²) in [6, 6.07) is 0. The zero-order valence-electron chi connectivity index (χ0n) is 14.5. The number of rotatable bonds is 17. The predicted molar refractivity (Wildman–Crippen MR) is 94.8 cm³/mol. The highest BCUT2D eigenvalue weighted by Crippen LogP contribution is 2.13. The van der Waals surface area contributed by atoms with Crippen LogP contribution in [0.5, 0.6) is 0 Å². The number of ketones is 1. The molecule has 0 aliphatic rings. The molecule has 0 saturated heterocycles. The molecule has 21 heavy (non-hydrogen) atoms. The van der Waals surface area contributed by atoms with Gasteiger partial charge in [0, 0.05) is 12.8 Å². The van der Waals surface area contributed by atoms with Gasteiger partial charge in [-0.2, -0.15) is 0 Å². The van der Waals surface area contributed by atoms with E-state index in [1.54, 1.807) is 0 Å². The zero-order valence-corrected chi connectivity index (χ0v) is 14.5. The molecule has 0 aliphatic carbocycles. The number of hydrogen-bond donors (Lipinski definition) is 0. The number of hydrogen-bond acceptors (Lipinski definition) is 1. The summed E-state index contributed by atoms with van der Waals surface area (Å²) in [6.45, 7) is 5.93. The lowest BCUT2D eigenvalue weighted by molar-refractivity contribution is -0.119. The van der Waals surface area contributed by atoms with Gasteiger partial charge in [0.15, 0.2) is 0 Å². The molecule has 0 amide bonds. The molecule has 0 aliphatic heterocycles. The molecule has 0 radical (unpaired) electrons. The van der Waals surface area contributed by atoms with Crippen LogP contribution in [0.4, 0.5) is 0 Å². The molecule has 124 valence electrons. The Morgan fingerprint density at radius 2 is 1.14 bits per heavy atom. The maximum absolute atomic E-state index is 11.5. The number of carbonyl (C=O) groups is 1. The molecule has 0 aromatic heterocycles. The molecule has 1 nitrogen and oxygen atoms in total. The van der Waals surface area contributed by atoms with Crippen molar-refractivity contribution in [1.29, 1.82) is 0 Å². The molecular formula is C20H38O. The topological polar surface area (TPSA) is 17.1 Å². The maximum Gasteiger partial charge on any atom is 0.133 e. The second-order valence-corrected chi connectivity index (χ2v) is 6.36. The first-order valence-corrected chi connectivity index (χ1v) is 9.43. The molecule has 0 aromatic carbocycles. The van der Waals surface area contributed by atoms with Crippen LogP contribution >= 0.6 is 0 Å². The van der Waals surface area contributed by atoms with E-state index in [1.807, 2.05) is 6.08 Å². The molecule has 0 heterocycles. The third kappa shape index (κ3) is 17.4. The van der Waals surface area contributed by atoms with Gasteiger partial charge in [0.1, 0.15) is 5.78 Å². The third-order valence-electron chi connectivity index (χ3n) is 4.19. The van der Waals surface area contributed by atoms with Crippen LogP contribution in [0.25, 0.3) is 0 Å². The van der Waals surface area contributed by atoms with Crippen molar-refractivity contribution >= 4 is 5.78 Å². The summed E-state index contributed by atoms with van der Waals surface area (Å²) in [5.74, 6) is 0.415. The van der Waals surface area contributed by atoms with Gasteiger partial charge in [0.2, 0.25) is 0 Å². The Labute approximate surface area is 133 Å². The Kier molecular flexibility index (Phi) is 17.0. The van der Waals surface area contributed by atoms with Gasteiger partial charge >= 0.3 is 0 Å². The molecule has 0 bridgehead atoms. The van der Waals surface area contributed by atoms with E-state index in [0.717, 1.165) is 19.3 Å². The average molecular weight is 295 g/mol. The van der Waals surface area contributed by atoms with Crippen LogP contribution in [0, 0.1) is 0 Å². The molecule has 0 rings (SSSR count). The van der Waals surface area contributed by atoms with Crippen molar-refractivity contribution in [2.24, 2.45) is 0 Å². The minimum absolute atomic E-state index is 0.415. The van der Waals surface area contributed by atoms with Gasteiger partial charge in [-0.05, 0) is 12.8 Å². The third-order valence-corrected chi connectivity index (χ3v) is 4.19. The van der Waals surface area contributed by atoms with Crippen molar-refractivity contribution in [2.75, 3.05) is 0 Å². The summed E-state index contributed by atoms with van der Waals surface area (Å²) in [4.78, 5) is 11.5. The molecule has 0 atom stereocenters. The molecule has 0 fully saturated rings. The van der Waals surface area contributed by atoms with Crippen molar-refractivity contribution < 1.29 is 4.79 Å². The van der Waals surface area contributed by atoms with Crippen LogP contribution < -0.4 is 0 Å². The fourth-order valence-corrected chi connectivity index (χ4v) is 2.73.